The third kappa shape index (κ3) is 3.05. The largest absolute Gasteiger partial charge is 0.328 e. The molecule has 1 rings (SSSR count). The maximum Gasteiger partial charge on any atom is 0.211 e. The minimum atomic E-state index is 0.513. The summed E-state index contributed by atoms with van der Waals surface area (Å²) in [6.45, 7) is 4.23. The van der Waals surface area contributed by atoms with Crippen molar-refractivity contribution in [1.29, 1.82) is 0 Å². The normalized spacial score (nSPS) is 10.8. The summed E-state index contributed by atoms with van der Waals surface area (Å²) in [6.07, 6.45) is 4.82. The van der Waals surface area contributed by atoms with Crippen molar-refractivity contribution >= 4 is 18.2 Å². The van der Waals surface area contributed by atoms with E-state index in [2.05, 4.69) is 25.2 Å². The van der Waals surface area contributed by atoms with E-state index in [4.69, 9.17) is 0 Å². The molecule has 0 bridgehead atoms. The van der Waals surface area contributed by atoms with Gasteiger partial charge >= 0.3 is 0 Å². The number of carbonyl (C=O) groups excluding carboxylic acids is 1. The first-order valence-electron chi connectivity index (χ1n) is 4.71. The summed E-state index contributed by atoms with van der Waals surface area (Å²) in [5, 5.41) is 2.67. The Hall–Kier alpha value is -1.57. The van der Waals surface area contributed by atoms with Gasteiger partial charge in [0.2, 0.25) is 6.41 Å². The van der Waals surface area contributed by atoms with E-state index in [9.17, 15) is 4.79 Å². The number of nitrogens with one attached hydrogen (secondary N) is 1. The van der Waals surface area contributed by atoms with Crippen LogP contribution in [0.15, 0.2) is 30.3 Å². The monoisotopic (exact) mass is 189 g/mol. The molecular formula is C12H15NO. The summed E-state index contributed by atoms with van der Waals surface area (Å²) in [4.78, 5) is 10.3. The van der Waals surface area contributed by atoms with Crippen LogP contribution in [0.3, 0.4) is 0 Å². The molecule has 2 heteroatoms. The van der Waals surface area contributed by atoms with Crippen molar-refractivity contribution in [3.8, 4) is 0 Å². The first kappa shape index (κ1) is 10.5. The lowest BCUT2D eigenvalue weighted by molar-refractivity contribution is -0.105. The molecule has 0 spiro atoms. The van der Waals surface area contributed by atoms with E-state index in [1.54, 1.807) is 0 Å². The van der Waals surface area contributed by atoms with Gasteiger partial charge in [0.1, 0.15) is 0 Å². The van der Waals surface area contributed by atoms with E-state index in [0.717, 1.165) is 11.3 Å². The van der Waals surface area contributed by atoms with Crippen LogP contribution in [0.4, 0.5) is 5.69 Å². The molecule has 0 atom stereocenters. The lowest BCUT2D eigenvalue weighted by Gasteiger charge is -2.03. The van der Waals surface area contributed by atoms with E-state index in [1.807, 2.05) is 30.3 Å². The van der Waals surface area contributed by atoms with Gasteiger partial charge in [-0.1, -0.05) is 44.2 Å². The van der Waals surface area contributed by atoms with Gasteiger partial charge in [-0.2, -0.15) is 0 Å². The fourth-order valence-electron chi connectivity index (χ4n) is 1.13. The number of benzene rings is 1. The lowest BCUT2D eigenvalue weighted by atomic mass is 10.1. The second-order valence-corrected chi connectivity index (χ2v) is 3.45. The molecule has 0 saturated heterocycles. The van der Waals surface area contributed by atoms with Crippen molar-refractivity contribution in [3.05, 3.63) is 35.9 Å². The zero-order chi connectivity index (χ0) is 10.4. The van der Waals surface area contributed by atoms with Gasteiger partial charge in [0, 0.05) is 5.69 Å². The van der Waals surface area contributed by atoms with Gasteiger partial charge in [0.05, 0.1) is 0 Å². The Morgan fingerprint density at radius 2 is 2.00 bits per heavy atom. The lowest BCUT2D eigenvalue weighted by Crippen LogP contribution is -1.95. The van der Waals surface area contributed by atoms with Gasteiger partial charge in [0.25, 0.3) is 0 Å². The average molecular weight is 189 g/mol. The third-order valence-corrected chi connectivity index (χ3v) is 1.84. The van der Waals surface area contributed by atoms with Crippen LogP contribution >= 0.6 is 0 Å². The van der Waals surface area contributed by atoms with Gasteiger partial charge in [-0.05, 0) is 17.5 Å². The summed E-state index contributed by atoms with van der Waals surface area (Å²) in [5.41, 5.74) is 1.88. The van der Waals surface area contributed by atoms with Crippen LogP contribution < -0.4 is 5.32 Å². The van der Waals surface area contributed by atoms with E-state index in [1.165, 1.54) is 0 Å². The van der Waals surface area contributed by atoms with Crippen molar-refractivity contribution < 1.29 is 4.79 Å². The van der Waals surface area contributed by atoms with Crippen LogP contribution in [0.2, 0.25) is 0 Å². The first-order valence-corrected chi connectivity index (χ1v) is 4.71. The Bertz CT molecular complexity index is 329. The smallest absolute Gasteiger partial charge is 0.211 e. The molecule has 74 valence electrons. The minimum absolute atomic E-state index is 0.513. The number of carbonyl (C=O) groups is 1. The Morgan fingerprint density at radius 1 is 1.29 bits per heavy atom. The molecule has 1 N–H and O–H groups in total. The second-order valence-electron chi connectivity index (χ2n) is 3.45. The highest BCUT2D eigenvalue weighted by Gasteiger charge is 1.95. The SMILES string of the molecule is CC(C)/C=C\c1ccccc1NC=O. The number of allylic oxidation sites excluding steroid dienone is 1. The van der Waals surface area contributed by atoms with Crippen LogP contribution in [0.25, 0.3) is 6.08 Å². The second kappa shape index (κ2) is 5.22. The van der Waals surface area contributed by atoms with Crippen molar-refractivity contribution in [2.75, 3.05) is 5.32 Å². The molecule has 0 aliphatic rings. The topological polar surface area (TPSA) is 29.1 Å². The van der Waals surface area contributed by atoms with Crippen molar-refractivity contribution in [2.24, 2.45) is 5.92 Å². The van der Waals surface area contributed by atoms with E-state index >= 15 is 0 Å². The van der Waals surface area contributed by atoms with Crippen LogP contribution in [-0.4, -0.2) is 6.41 Å². The van der Waals surface area contributed by atoms with Crippen molar-refractivity contribution in [1.82, 2.24) is 0 Å². The maximum absolute atomic E-state index is 10.3. The van der Waals surface area contributed by atoms with E-state index in [-0.39, 0.29) is 0 Å². The van der Waals surface area contributed by atoms with Crippen LogP contribution in [0.1, 0.15) is 19.4 Å². The number of rotatable bonds is 4. The Kier molecular flexibility index (Phi) is 3.92. The summed E-state index contributed by atoms with van der Waals surface area (Å²) < 4.78 is 0. The standard InChI is InChI=1S/C12H15NO/c1-10(2)7-8-11-5-3-4-6-12(11)13-9-14/h3-10H,1-2H3,(H,13,14)/b8-7-. The molecule has 0 heterocycles. The van der Waals surface area contributed by atoms with Gasteiger partial charge < -0.3 is 5.32 Å². The molecule has 0 saturated carbocycles. The Morgan fingerprint density at radius 3 is 2.64 bits per heavy atom. The summed E-state index contributed by atoms with van der Waals surface area (Å²) in [6, 6.07) is 7.72. The summed E-state index contributed by atoms with van der Waals surface area (Å²) >= 11 is 0. The van der Waals surface area contributed by atoms with Gasteiger partial charge in [-0.15, -0.1) is 0 Å². The van der Waals surface area contributed by atoms with Gasteiger partial charge in [0.15, 0.2) is 0 Å². The average Bonchev–Trinajstić information content (AvgIpc) is 2.17. The molecular weight excluding hydrogens is 174 g/mol. The number of hydrogen-bond donors (Lipinski definition) is 1. The van der Waals surface area contributed by atoms with Gasteiger partial charge in [-0.25, -0.2) is 0 Å². The molecule has 0 radical (unpaired) electrons. The molecule has 1 aromatic rings. The molecule has 0 aliphatic heterocycles. The molecule has 0 fully saturated rings. The van der Waals surface area contributed by atoms with Crippen LogP contribution in [0, 0.1) is 5.92 Å². The van der Waals surface area contributed by atoms with Gasteiger partial charge in [-0.3, -0.25) is 4.79 Å². The van der Waals surface area contributed by atoms with Crippen molar-refractivity contribution in [3.63, 3.8) is 0 Å². The zero-order valence-corrected chi connectivity index (χ0v) is 8.53. The Labute approximate surface area is 84.6 Å². The summed E-state index contributed by atoms with van der Waals surface area (Å²) in [5.74, 6) is 0.513. The molecule has 14 heavy (non-hydrogen) atoms. The molecule has 0 aliphatic carbocycles. The minimum Gasteiger partial charge on any atom is -0.328 e. The van der Waals surface area contributed by atoms with Crippen LogP contribution in [0.5, 0.6) is 0 Å². The maximum atomic E-state index is 10.3. The molecule has 1 aromatic carbocycles. The number of amides is 1. The predicted molar refractivity (Wildman–Crippen MR) is 60.0 cm³/mol. The molecule has 0 aromatic heterocycles. The fourth-order valence-corrected chi connectivity index (χ4v) is 1.13. The molecule has 1 amide bonds. The van der Waals surface area contributed by atoms with E-state index < -0.39 is 0 Å². The highest BCUT2D eigenvalue weighted by molar-refractivity contribution is 5.78. The molecule has 2 nitrogen and oxygen atoms in total. The number of anilines is 1. The Balaban J connectivity index is 2.89. The van der Waals surface area contributed by atoms with Crippen molar-refractivity contribution in [2.45, 2.75) is 13.8 Å². The molecule has 0 unspecified atom stereocenters. The van der Waals surface area contributed by atoms with Crippen LogP contribution in [-0.2, 0) is 4.79 Å². The summed E-state index contributed by atoms with van der Waals surface area (Å²) in [7, 11) is 0. The first-order chi connectivity index (χ1) is 6.74. The predicted octanol–water partition coefficient (Wildman–Crippen LogP) is 2.92. The number of para-hydroxylation sites is 1. The zero-order valence-electron chi connectivity index (χ0n) is 8.53. The quantitative estimate of drug-likeness (QED) is 0.725. The fraction of sp³-hybridized carbons (Fsp3) is 0.250. The third-order valence-electron chi connectivity index (χ3n) is 1.84. The highest BCUT2D eigenvalue weighted by atomic mass is 16.1. The van der Waals surface area contributed by atoms with E-state index in [0.29, 0.717) is 12.3 Å². The number of hydrogen-bond acceptors (Lipinski definition) is 1. The highest BCUT2D eigenvalue weighted by Crippen LogP contribution is 2.16.